The number of benzene rings is 1. The summed E-state index contributed by atoms with van der Waals surface area (Å²) in [5, 5.41) is 2.81. The molecule has 1 heterocycles. The average molecular weight is 247 g/mol. The SMILES string of the molecule is CCOC(=O)[C@H]1C(=O)N[C@H](C)[C@@H]1c1ccccc1. The molecule has 4 nitrogen and oxygen atoms in total. The highest BCUT2D eigenvalue weighted by Crippen LogP contribution is 2.34. The van der Waals surface area contributed by atoms with Crippen LogP contribution in [0.15, 0.2) is 30.3 Å². The van der Waals surface area contributed by atoms with Crippen molar-refractivity contribution in [2.75, 3.05) is 6.61 Å². The summed E-state index contributed by atoms with van der Waals surface area (Å²) in [5.41, 5.74) is 0.987. The van der Waals surface area contributed by atoms with Crippen LogP contribution in [0, 0.1) is 5.92 Å². The molecule has 1 aromatic carbocycles. The third-order valence-electron chi connectivity index (χ3n) is 3.28. The second-order valence-electron chi connectivity index (χ2n) is 4.46. The smallest absolute Gasteiger partial charge is 0.319 e. The Morgan fingerprint density at radius 1 is 1.33 bits per heavy atom. The lowest BCUT2D eigenvalue weighted by Gasteiger charge is -2.19. The fraction of sp³-hybridized carbons (Fsp3) is 0.429. The van der Waals surface area contributed by atoms with Crippen LogP contribution in [0.5, 0.6) is 0 Å². The van der Waals surface area contributed by atoms with Gasteiger partial charge in [-0.05, 0) is 19.4 Å². The van der Waals surface area contributed by atoms with E-state index in [1.165, 1.54) is 0 Å². The van der Waals surface area contributed by atoms with Crippen molar-refractivity contribution in [3.63, 3.8) is 0 Å². The van der Waals surface area contributed by atoms with E-state index >= 15 is 0 Å². The molecule has 4 heteroatoms. The fourth-order valence-electron chi connectivity index (χ4n) is 2.50. The van der Waals surface area contributed by atoms with E-state index in [-0.39, 0.29) is 17.9 Å². The summed E-state index contributed by atoms with van der Waals surface area (Å²) in [4.78, 5) is 23.8. The molecule has 1 aliphatic rings. The van der Waals surface area contributed by atoms with E-state index in [4.69, 9.17) is 4.74 Å². The summed E-state index contributed by atoms with van der Waals surface area (Å²) in [6.45, 7) is 3.94. The number of carbonyl (C=O) groups is 2. The van der Waals surface area contributed by atoms with Gasteiger partial charge in [0.2, 0.25) is 5.91 Å². The second-order valence-corrected chi connectivity index (χ2v) is 4.46. The summed E-state index contributed by atoms with van der Waals surface area (Å²) in [5.74, 6) is -1.57. The van der Waals surface area contributed by atoms with Crippen LogP contribution in [0.3, 0.4) is 0 Å². The molecule has 0 aromatic heterocycles. The lowest BCUT2D eigenvalue weighted by Crippen LogP contribution is -2.28. The van der Waals surface area contributed by atoms with Crippen LogP contribution in [-0.4, -0.2) is 24.5 Å². The third kappa shape index (κ3) is 2.23. The van der Waals surface area contributed by atoms with E-state index in [0.717, 1.165) is 5.56 Å². The average Bonchev–Trinajstić information content (AvgIpc) is 2.65. The molecule has 0 aliphatic carbocycles. The van der Waals surface area contributed by atoms with E-state index in [1.807, 2.05) is 37.3 Å². The molecule has 1 saturated heterocycles. The highest BCUT2D eigenvalue weighted by atomic mass is 16.5. The molecule has 96 valence electrons. The van der Waals surface area contributed by atoms with Crippen LogP contribution in [0.2, 0.25) is 0 Å². The first-order valence-corrected chi connectivity index (χ1v) is 6.17. The van der Waals surface area contributed by atoms with Gasteiger partial charge in [-0.3, -0.25) is 9.59 Å². The quantitative estimate of drug-likeness (QED) is 0.650. The first-order chi connectivity index (χ1) is 8.65. The highest BCUT2D eigenvalue weighted by Gasteiger charge is 2.46. The van der Waals surface area contributed by atoms with E-state index in [0.29, 0.717) is 6.61 Å². The Kier molecular flexibility index (Phi) is 3.65. The van der Waals surface area contributed by atoms with E-state index in [1.54, 1.807) is 6.92 Å². The minimum Gasteiger partial charge on any atom is -0.465 e. The number of hydrogen-bond donors (Lipinski definition) is 1. The monoisotopic (exact) mass is 247 g/mol. The summed E-state index contributed by atoms with van der Waals surface area (Å²) in [6.07, 6.45) is 0. The zero-order valence-corrected chi connectivity index (χ0v) is 10.6. The Labute approximate surface area is 106 Å². The molecule has 0 radical (unpaired) electrons. The maximum Gasteiger partial charge on any atom is 0.319 e. The zero-order chi connectivity index (χ0) is 13.1. The predicted molar refractivity (Wildman–Crippen MR) is 66.9 cm³/mol. The first-order valence-electron chi connectivity index (χ1n) is 6.17. The van der Waals surface area contributed by atoms with Crippen molar-refractivity contribution in [1.29, 1.82) is 0 Å². The lowest BCUT2D eigenvalue weighted by molar-refractivity contribution is -0.151. The molecule has 0 bridgehead atoms. The fourth-order valence-corrected chi connectivity index (χ4v) is 2.50. The zero-order valence-electron chi connectivity index (χ0n) is 10.6. The number of nitrogens with one attached hydrogen (secondary N) is 1. The van der Waals surface area contributed by atoms with Crippen LogP contribution in [0.1, 0.15) is 25.3 Å². The van der Waals surface area contributed by atoms with Crippen molar-refractivity contribution < 1.29 is 14.3 Å². The van der Waals surface area contributed by atoms with Gasteiger partial charge in [-0.15, -0.1) is 0 Å². The minimum atomic E-state index is -0.734. The summed E-state index contributed by atoms with van der Waals surface area (Å²) < 4.78 is 5.00. The van der Waals surface area contributed by atoms with Crippen molar-refractivity contribution >= 4 is 11.9 Å². The van der Waals surface area contributed by atoms with Crippen LogP contribution in [0.4, 0.5) is 0 Å². The van der Waals surface area contributed by atoms with Gasteiger partial charge in [0.1, 0.15) is 5.92 Å². The van der Waals surface area contributed by atoms with Crippen LogP contribution < -0.4 is 5.32 Å². The van der Waals surface area contributed by atoms with Crippen molar-refractivity contribution in [3.05, 3.63) is 35.9 Å². The van der Waals surface area contributed by atoms with Gasteiger partial charge in [0.05, 0.1) is 6.61 Å². The largest absolute Gasteiger partial charge is 0.465 e. The predicted octanol–water partition coefficient (Wildman–Crippen LogP) is 1.47. The van der Waals surface area contributed by atoms with Crippen molar-refractivity contribution in [1.82, 2.24) is 5.32 Å². The summed E-state index contributed by atoms with van der Waals surface area (Å²) in [7, 11) is 0. The number of rotatable bonds is 3. The number of ether oxygens (including phenoxy) is 1. The Hall–Kier alpha value is -1.84. The maximum absolute atomic E-state index is 11.9. The molecule has 1 N–H and O–H groups in total. The Morgan fingerprint density at radius 2 is 2.00 bits per heavy atom. The second kappa shape index (κ2) is 5.21. The van der Waals surface area contributed by atoms with Crippen LogP contribution >= 0.6 is 0 Å². The molecule has 18 heavy (non-hydrogen) atoms. The number of hydrogen-bond acceptors (Lipinski definition) is 3. The number of esters is 1. The standard InChI is InChI=1S/C14H17NO3/c1-3-18-14(17)12-11(9(2)15-13(12)16)10-7-5-4-6-8-10/h4-9,11-12H,3H2,1-2H3,(H,15,16)/t9-,11-,12-/m1/s1. The molecular weight excluding hydrogens is 230 g/mol. The van der Waals surface area contributed by atoms with Crippen LogP contribution in [-0.2, 0) is 14.3 Å². The number of amides is 1. The Bertz CT molecular complexity index is 444. The Morgan fingerprint density at radius 3 is 2.61 bits per heavy atom. The molecule has 1 aromatic rings. The summed E-state index contributed by atoms with van der Waals surface area (Å²) >= 11 is 0. The van der Waals surface area contributed by atoms with Crippen molar-refractivity contribution in [3.8, 4) is 0 Å². The maximum atomic E-state index is 11.9. The molecule has 1 amide bonds. The van der Waals surface area contributed by atoms with Gasteiger partial charge < -0.3 is 10.1 Å². The molecule has 3 atom stereocenters. The van der Waals surface area contributed by atoms with E-state index in [9.17, 15) is 9.59 Å². The van der Waals surface area contributed by atoms with Gasteiger partial charge in [-0.1, -0.05) is 30.3 Å². The topological polar surface area (TPSA) is 55.4 Å². The van der Waals surface area contributed by atoms with Gasteiger partial charge in [0.15, 0.2) is 0 Å². The molecular formula is C14H17NO3. The number of carbonyl (C=O) groups excluding carboxylic acids is 2. The minimum absolute atomic E-state index is 0.0608. The van der Waals surface area contributed by atoms with Gasteiger partial charge in [-0.2, -0.15) is 0 Å². The highest BCUT2D eigenvalue weighted by molar-refractivity contribution is 6.01. The summed E-state index contributed by atoms with van der Waals surface area (Å²) in [6, 6.07) is 9.55. The molecule has 0 unspecified atom stereocenters. The van der Waals surface area contributed by atoms with Gasteiger partial charge >= 0.3 is 5.97 Å². The molecule has 1 aliphatic heterocycles. The third-order valence-corrected chi connectivity index (χ3v) is 3.28. The lowest BCUT2D eigenvalue weighted by atomic mass is 9.84. The van der Waals surface area contributed by atoms with Gasteiger partial charge in [0, 0.05) is 12.0 Å². The van der Waals surface area contributed by atoms with Crippen molar-refractivity contribution in [2.45, 2.75) is 25.8 Å². The normalized spacial score (nSPS) is 26.8. The van der Waals surface area contributed by atoms with E-state index < -0.39 is 11.9 Å². The van der Waals surface area contributed by atoms with Crippen molar-refractivity contribution in [2.24, 2.45) is 5.92 Å². The first kappa shape index (κ1) is 12.6. The van der Waals surface area contributed by atoms with E-state index in [2.05, 4.69) is 5.32 Å². The molecule has 1 fully saturated rings. The Balaban J connectivity index is 2.31. The molecule has 2 rings (SSSR count). The molecule has 0 spiro atoms. The van der Waals surface area contributed by atoms with Gasteiger partial charge in [-0.25, -0.2) is 0 Å². The van der Waals surface area contributed by atoms with Gasteiger partial charge in [0.25, 0.3) is 0 Å². The molecule has 0 saturated carbocycles. The van der Waals surface area contributed by atoms with Crippen LogP contribution in [0.25, 0.3) is 0 Å².